The molecule has 0 aromatic heterocycles. The first-order chi connectivity index (χ1) is 8.75. The van der Waals surface area contributed by atoms with Gasteiger partial charge in [0, 0.05) is 6.54 Å². The molecule has 0 bridgehead atoms. The molecule has 2 aromatic rings. The molecule has 2 rings (SSSR count). The number of nitrogens with one attached hydrogen (secondary N) is 1. The molecule has 0 atom stereocenters. The number of benzene rings is 2. The summed E-state index contributed by atoms with van der Waals surface area (Å²) in [5, 5.41) is 3.39. The highest BCUT2D eigenvalue weighted by Gasteiger charge is 1.98. The summed E-state index contributed by atoms with van der Waals surface area (Å²) in [5.41, 5.74) is 10.4. The van der Waals surface area contributed by atoms with Gasteiger partial charge in [-0.3, -0.25) is 0 Å². The third kappa shape index (κ3) is 3.52. The highest BCUT2D eigenvalue weighted by Crippen LogP contribution is 2.19. The van der Waals surface area contributed by atoms with Crippen LogP contribution in [0.15, 0.2) is 48.5 Å². The second-order valence-corrected chi connectivity index (χ2v) is 4.61. The quantitative estimate of drug-likeness (QED) is 0.618. The van der Waals surface area contributed by atoms with Crippen LogP contribution in [0.2, 0.25) is 0 Å². The number of hydrogen-bond acceptors (Lipinski definition) is 2. The van der Waals surface area contributed by atoms with Gasteiger partial charge < -0.3 is 11.1 Å². The van der Waals surface area contributed by atoms with E-state index in [9.17, 15) is 0 Å². The van der Waals surface area contributed by atoms with Crippen LogP contribution < -0.4 is 11.1 Å². The van der Waals surface area contributed by atoms with Crippen LogP contribution in [0.5, 0.6) is 0 Å². The first kappa shape index (κ1) is 12.5. The van der Waals surface area contributed by atoms with Crippen LogP contribution in [0.25, 0.3) is 0 Å². The summed E-state index contributed by atoms with van der Waals surface area (Å²) < 4.78 is 0. The van der Waals surface area contributed by atoms with Gasteiger partial charge in [-0.15, -0.1) is 0 Å². The normalized spacial score (nSPS) is 10.3. The fourth-order valence-corrected chi connectivity index (χ4v) is 2.00. The predicted molar refractivity (Wildman–Crippen MR) is 78.8 cm³/mol. The molecule has 0 aliphatic carbocycles. The number of nitrogen functional groups attached to an aromatic ring is 1. The van der Waals surface area contributed by atoms with Crippen LogP contribution in [0.3, 0.4) is 0 Å². The summed E-state index contributed by atoms with van der Waals surface area (Å²) in [6.07, 6.45) is 2.21. The number of aryl methyl sites for hydroxylation is 2. The lowest BCUT2D eigenvalue weighted by molar-refractivity contribution is 0.863. The van der Waals surface area contributed by atoms with Crippen molar-refractivity contribution in [1.29, 1.82) is 0 Å². The standard InChI is InChI=1S/C16H20N2/c1-13-9-10-16(15(17)12-13)18-11-5-8-14-6-3-2-4-7-14/h2-4,6-7,9-10,12,18H,5,8,11,17H2,1H3. The molecule has 2 heteroatoms. The van der Waals surface area contributed by atoms with E-state index < -0.39 is 0 Å². The van der Waals surface area contributed by atoms with E-state index in [1.54, 1.807) is 0 Å². The minimum absolute atomic E-state index is 0.828. The molecule has 3 N–H and O–H groups in total. The van der Waals surface area contributed by atoms with E-state index in [2.05, 4.69) is 48.6 Å². The van der Waals surface area contributed by atoms with Gasteiger partial charge in [0.15, 0.2) is 0 Å². The molecule has 2 nitrogen and oxygen atoms in total. The van der Waals surface area contributed by atoms with Crippen LogP contribution in [0.1, 0.15) is 17.5 Å². The van der Waals surface area contributed by atoms with E-state index in [0.717, 1.165) is 30.8 Å². The Labute approximate surface area is 109 Å². The predicted octanol–water partition coefficient (Wildman–Crippen LogP) is 3.62. The van der Waals surface area contributed by atoms with Gasteiger partial charge in [-0.05, 0) is 43.0 Å². The Morgan fingerprint density at radius 2 is 1.83 bits per heavy atom. The van der Waals surface area contributed by atoms with Crippen molar-refractivity contribution in [2.45, 2.75) is 19.8 Å². The molecule has 0 radical (unpaired) electrons. The number of hydrogen-bond donors (Lipinski definition) is 2. The summed E-state index contributed by atoms with van der Waals surface area (Å²) in [7, 11) is 0. The van der Waals surface area contributed by atoms with Crippen molar-refractivity contribution < 1.29 is 0 Å². The third-order valence-electron chi connectivity index (χ3n) is 3.01. The van der Waals surface area contributed by atoms with Gasteiger partial charge in [0.25, 0.3) is 0 Å². The van der Waals surface area contributed by atoms with Crippen LogP contribution in [-0.4, -0.2) is 6.54 Å². The molecule has 0 amide bonds. The lowest BCUT2D eigenvalue weighted by Gasteiger charge is -2.09. The average molecular weight is 240 g/mol. The highest BCUT2D eigenvalue weighted by molar-refractivity contribution is 5.66. The van der Waals surface area contributed by atoms with Crippen molar-refractivity contribution in [3.63, 3.8) is 0 Å². The minimum Gasteiger partial charge on any atom is -0.397 e. The second kappa shape index (κ2) is 6.10. The van der Waals surface area contributed by atoms with Crippen molar-refractivity contribution in [1.82, 2.24) is 0 Å². The summed E-state index contributed by atoms with van der Waals surface area (Å²) in [4.78, 5) is 0. The van der Waals surface area contributed by atoms with E-state index in [-0.39, 0.29) is 0 Å². The van der Waals surface area contributed by atoms with E-state index in [1.807, 2.05) is 12.1 Å². The maximum absolute atomic E-state index is 5.95. The van der Waals surface area contributed by atoms with Crippen LogP contribution in [-0.2, 0) is 6.42 Å². The molecule has 0 aliphatic rings. The zero-order valence-corrected chi connectivity index (χ0v) is 10.8. The van der Waals surface area contributed by atoms with Gasteiger partial charge in [-0.25, -0.2) is 0 Å². The highest BCUT2D eigenvalue weighted by atomic mass is 14.9. The molecule has 0 spiro atoms. The molecule has 0 unspecified atom stereocenters. The molecule has 0 heterocycles. The van der Waals surface area contributed by atoms with Gasteiger partial charge in [0.2, 0.25) is 0 Å². The van der Waals surface area contributed by atoms with Gasteiger partial charge in [-0.2, -0.15) is 0 Å². The molecular formula is C16H20N2. The van der Waals surface area contributed by atoms with Crippen LogP contribution in [0, 0.1) is 6.92 Å². The van der Waals surface area contributed by atoms with Crippen molar-refractivity contribution in [2.75, 3.05) is 17.6 Å². The Bertz CT molecular complexity index is 492. The Kier molecular flexibility index (Phi) is 4.24. The Morgan fingerprint density at radius 1 is 1.06 bits per heavy atom. The van der Waals surface area contributed by atoms with Gasteiger partial charge in [0.05, 0.1) is 11.4 Å². The van der Waals surface area contributed by atoms with Crippen LogP contribution in [0.4, 0.5) is 11.4 Å². The molecule has 0 fully saturated rings. The van der Waals surface area contributed by atoms with Crippen LogP contribution >= 0.6 is 0 Å². The molecule has 94 valence electrons. The monoisotopic (exact) mass is 240 g/mol. The largest absolute Gasteiger partial charge is 0.397 e. The SMILES string of the molecule is Cc1ccc(NCCCc2ccccc2)c(N)c1. The molecule has 0 aliphatic heterocycles. The fourth-order valence-electron chi connectivity index (χ4n) is 2.00. The van der Waals surface area contributed by atoms with Crippen molar-refractivity contribution in [3.8, 4) is 0 Å². The molecular weight excluding hydrogens is 220 g/mol. The summed E-state index contributed by atoms with van der Waals surface area (Å²) in [5.74, 6) is 0. The zero-order valence-electron chi connectivity index (χ0n) is 10.8. The number of rotatable bonds is 5. The van der Waals surface area contributed by atoms with Crippen molar-refractivity contribution in [2.24, 2.45) is 0 Å². The maximum atomic E-state index is 5.95. The minimum atomic E-state index is 0.828. The molecule has 0 saturated heterocycles. The lowest BCUT2D eigenvalue weighted by atomic mass is 10.1. The average Bonchev–Trinajstić information content (AvgIpc) is 2.38. The van der Waals surface area contributed by atoms with Gasteiger partial charge in [-0.1, -0.05) is 36.4 Å². The first-order valence-electron chi connectivity index (χ1n) is 6.39. The fraction of sp³-hybridized carbons (Fsp3) is 0.250. The van der Waals surface area contributed by atoms with E-state index in [1.165, 1.54) is 11.1 Å². The third-order valence-corrected chi connectivity index (χ3v) is 3.01. The molecule has 0 saturated carbocycles. The van der Waals surface area contributed by atoms with Gasteiger partial charge in [0.1, 0.15) is 0 Å². The summed E-state index contributed by atoms with van der Waals surface area (Å²) in [6, 6.07) is 16.7. The number of nitrogens with two attached hydrogens (primary N) is 1. The Morgan fingerprint density at radius 3 is 2.56 bits per heavy atom. The summed E-state index contributed by atoms with van der Waals surface area (Å²) >= 11 is 0. The molecule has 18 heavy (non-hydrogen) atoms. The van der Waals surface area contributed by atoms with E-state index in [4.69, 9.17) is 5.73 Å². The maximum Gasteiger partial charge on any atom is 0.0574 e. The summed E-state index contributed by atoms with van der Waals surface area (Å²) in [6.45, 7) is 3.00. The Hall–Kier alpha value is -1.96. The van der Waals surface area contributed by atoms with Crippen molar-refractivity contribution >= 4 is 11.4 Å². The van der Waals surface area contributed by atoms with Crippen molar-refractivity contribution in [3.05, 3.63) is 59.7 Å². The second-order valence-electron chi connectivity index (χ2n) is 4.61. The lowest BCUT2D eigenvalue weighted by Crippen LogP contribution is -2.05. The smallest absolute Gasteiger partial charge is 0.0574 e. The topological polar surface area (TPSA) is 38.0 Å². The van der Waals surface area contributed by atoms with E-state index in [0.29, 0.717) is 0 Å². The number of anilines is 2. The molecule has 2 aromatic carbocycles. The Balaban J connectivity index is 1.79. The van der Waals surface area contributed by atoms with E-state index >= 15 is 0 Å². The van der Waals surface area contributed by atoms with Gasteiger partial charge >= 0.3 is 0 Å². The zero-order chi connectivity index (χ0) is 12.8. The first-order valence-corrected chi connectivity index (χ1v) is 6.39.